The van der Waals surface area contributed by atoms with Gasteiger partial charge in [-0.25, -0.2) is 13.1 Å². The van der Waals surface area contributed by atoms with E-state index in [1.807, 2.05) is 0 Å². The van der Waals surface area contributed by atoms with E-state index in [-0.39, 0.29) is 24.2 Å². The molecule has 0 bridgehead atoms. The van der Waals surface area contributed by atoms with Crippen LogP contribution in [0.15, 0.2) is 0 Å². The van der Waals surface area contributed by atoms with E-state index in [0.29, 0.717) is 18.3 Å². The molecule has 0 heterocycles. The van der Waals surface area contributed by atoms with E-state index >= 15 is 0 Å². The number of methoxy groups -OCH3 is 1. The summed E-state index contributed by atoms with van der Waals surface area (Å²) in [5.41, 5.74) is 0. The van der Waals surface area contributed by atoms with Crippen LogP contribution in [0, 0.1) is 11.8 Å². The molecule has 0 aliphatic heterocycles. The third-order valence-corrected chi connectivity index (χ3v) is 5.27. The molecule has 0 aromatic carbocycles. The van der Waals surface area contributed by atoms with Crippen molar-refractivity contribution in [3.05, 3.63) is 0 Å². The molecule has 6 heteroatoms. The topological polar surface area (TPSA) is 72.5 Å². The molecule has 1 N–H and O–H groups in total. The molecule has 5 nitrogen and oxygen atoms in total. The second-order valence-corrected chi connectivity index (χ2v) is 7.49. The van der Waals surface area contributed by atoms with Crippen LogP contribution in [-0.4, -0.2) is 33.3 Å². The molecule has 0 aromatic heterocycles. The Morgan fingerprint density at radius 1 is 1.32 bits per heavy atom. The minimum Gasteiger partial charge on any atom is -0.469 e. The first-order valence-electron chi connectivity index (χ1n) is 6.91. The summed E-state index contributed by atoms with van der Waals surface area (Å²) in [5.74, 6) is 0.671. The van der Waals surface area contributed by atoms with Crippen molar-refractivity contribution in [2.24, 2.45) is 11.8 Å². The smallest absolute Gasteiger partial charge is 0.305 e. The highest BCUT2D eigenvalue weighted by molar-refractivity contribution is 7.89. The van der Waals surface area contributed by atoms with Gasteiger partial charge in [0.1, 0.15) is 0 Å². The number of sulfonamides is 1. The first-order chi connectivity index (χ1) is 8.84. The number of ether oxygens (including phenoxy) is 1. The molecule has 19 heavy (non-hydrogen) atoms. The number of hydrogen-bond acceptors (Lipinski definition) is 4. The highest BCUT2D eigenvalue weighted by Gasteiger charge is 2.28. The Kier molecular flexibility index (Phi) is 6.26. The molecule has 0 spiro atoms. The quantitative estimate of drug-likeness (QED) is 0.756. The lowest BCUT2D eigenvalue weighted by atomic mass is 9.80. The van der Waals surface area contributed by atoms with E-state index in [1.54, 1.807) is 0 Å². The van der Waals surface area contributed by atoms with E-state index in [9.17, 15) is 13.2 Å². The van der Waals surface area contributed by atoms with Crippen molar-refractivity contribution < 1.29 is 17.9 Å². The molecule has 1 rings (SSSR count). The highest BCUT2D eigenvalue weighted by Crippen LogP contribution is 2.29. The summed E-state index contributed by atoms with van der Waals surface area (Å²) in [7, 11) is -1.99. The van der Waals surface area contributed by atoms with Crippen LogP contribution in [0.3, 0.4) is 0 Å². The molecular formula is C13H25NO4S. The Bertz CT molecular complexity index is 393. The zero-order chi connectivity index (χ0) is 14.5. The van der Waals surface area contributed by atoms with Crippen LogP contribution in [0.5, 0.6) is 0 Å². The summed E-state index contributed by atoms with van der Waals surface area (Å²) in [4.78, 5) is 10.9. The van der Waals surface area contributed by atoms with E-state index < -0.39 is 10.0 Å². The highest BCUT2D eigenvalue weighted by atomic mass is 32.2. The van der Waals surface area contributed by atoms with Gasteiger partial charge in [0.2, 0.25) is 10.0 Å². The van der Waals surface area contributed by atoms with Crippen molar-refractivity contribution in [1.82, 2.24) is 4.72 Å². The fraction of sp³-hybridized carbons (Fsp3) is 0.923. The third kappa shape index (κ3) is 5.91. The molecule has 112 valence electrons. The number of carbonyl (C=O) groups is 1. The number of hydrogen-bond donors (Lipinski definition) is 1. The van der Waals surface area contributed by atoms with Gasteiger partial charge in [0.25, 0.3) is 0 Å². The van der Waals surface area contributed by atoms with Crippen LogP contribution in [0.2, 0.25) is 0 Å². The molecule has 0 saturated heterocycles. The maximum absolute atomic E-state index is 11.9. The number of rotatable bonds is 6. The Hall–Kier alpha value is -0.620. The second-order valence-electron chi connectivity index (χ2n) is 5.62. The van der Waals surface area contributed by atoms with Crippen molar-refractivity contribution in [2.75, 3.05) is 12.9 Å². The van der Waals surface area contributed by atoms with E-state index in [0.717, 1.165) is 19.3 Å². The van der Waals surface area contributed by atoms with Crippen molar-refractivity contribution in [3.63, 3.8) is 0 Å². The molecule has 1 aliphatic rings. The van der Waals surface area contributed by atoms with Gasteiger partial charge in [0.05, 0.1) is 12.9 Å². The molecule has 0 aromatic rings. The summed E-state index contributed by atoms with van der Waals surface area (Å²) in [6, 6.07) is 0.0410. The molecule has 0 radical (unpaired) electrons. The maximum Gasteiger partial charge on any atom is 0.305 e. The fourth-order valence-corrected chi connectivity index (χ4v) is 4.09. The molecule has 1 saturated carbocycles. The summed E-state index contributed by atoms with van der Waals surface area (Å²) in [6.45, 7) is 4.30. The average Bonchev–Trinajstić information content (AvgIpc) is 2.32. The van der Waals surface area contributed by atoms with Crippen LogP contribution < -0.4 is 4.72 Å². The van der Waals surface area contributed by atoms with Crippen LogP contribution in [0.4, 0.5) is 0 Å². The first kappa shape index (κ1) is 16.4. The second kappa shape index (κ2) is 7.24. The van der Waals surface area contributed by atoms with E-state index in [4.69, 9.17) is 0 Å². The zero-order valence-corrected chi connectivity index (χ0v) is 12.8. The molecule has 1 fully saturated rings. The van der Waals surface area contributed by atoms with Crippen molar-refractivity contribution in [2.45, 2.75) is 52.0 Å². The predicted octanol–water partition coefficient (Wildman–Crippen LogP) is 1.68. The van der Waals surface area contributed by atoms with Gasteiger partial charge >= 0.3 is 5.97 Å². The predicted molar refractivity (Wildman–Crippen MR) is 74.1 cm³/mol. The lowest BCUT2D eigenvalue weighted by molar-refractivity contribution is -0.140. The van der Waals surface area contributed by atoms with Gasteiger partial charge in [-0.2, -0.15) is 0 Å². The monoisotopic (exact) mass is 291 g/mol. The lowest BCUT2D eigenvalue weighted by Gasteiger charge is -2.32. The van der Waals surface area contributed by atoms with E-state index in [1.165, 1.54) is 7.11 Å². The Labute approximate surface area is 116 Å². The van der Waals surface area contributed by atoms with Crippen molar-refractivity contribution in [3.8, 4) is 0 Å². The molecule has 3 atom stereocenters. The Morgan fingerprint density at radius 3 is 2.58 bits per heavy atom. The first-order valence-corrected chi connectivity index (χ1v) is 8.56. The van der Waals surface area contributed by atoms with Gasteiger partial charge in [-0.05, 0) is 37.5 Å². The lowest BCUT2D eigenvalue weighted by Crippen LogP contribution is -2.43. The van der Waals surface area contributed by atoms with Gasteiger partial charge in [-0.3, -0.25) is 4.79 Å². The largest absolute Gasteiger partial charge is 0.469 e. The Balaban J connectivity index is 2.39. The van der Waals surface area contributed by atoms with Gasteiger partial charge in [-0.15, -0.1) is 0 Å². The molecule has 1 aliphatic carbocycles. The number of nitrogens with one attached hydrogen (secondary N) is 1. The van der Waals surface area contributed by atoms with Crippen LogP contribution in [-0.2, 0) is 19.6 Å². The zero-order valence-electron chi connectivity index (χ0n) is 12.0. The summed E-state index contributed by atoms with van der Waals surface area (Å²) < 4.78 is 31.1. The van der Waals surface area contributed by atoms with Gasteiger partial charge < -0.3 is 4.74 Å². The van der Waals surface area contributed by atoms with Crippen molar-refractivity contribution >= 4 is 16.0 Å². The minimum atomic E-state index is -3.29. The number of carbonyl (C=O) groups excluding carboxylic acids is 1. The van der Waals surface area contributed by atoms with Gasteiger partial charge in [0.15, 0.2) is 0 Å². The summed E-state index contributed by atoms with van der Waals surface area (Å²) in [5, 5.41) is 0. The average molecular weight is 291 g/mol. The fourth-order valence-electron chi connectivity index (χ4n) is 2.64. The molecule has 0 amide bonds. The van der Waals surface area contributed by atoms with E-state index in [2.05, 4.69) is 23.3 Å². The van der Waals surface area contributed by atoms with Crippen LogP contribution in [0.1, 0.15) is 46.0 Å². The number of esters is 1. The Morgan fingerprint density at radius 2 is 2.00 bits per heavy atom. The van der Waals surface area contributed by atoms with Gasteiger partial charge in [-0.1, -0.05) is 13.8 Å². The SMILES string of the molecule is COC(=O)CCCS(=O)(=O)NC1CCC(C)CC1C. The maximum atomic E-state index is 11.9. The summed E-state index contributed by atoms with van der Waals surface area (Å²) >= 11 is 0. The summed E-state index contributed by atoms with van der Waals surface area (Å²) in [6.07, 6.45) is 3.49. The molecular weight excluding hydrogens is 266 g/mol. The van der Waals surface area contributed by atoms with Crippen LogP contribution in [0.25, 0.3) is 0 Å². The van der Waals surface area contributed by atoms with Crippen molar-refractivity contribution in [1.29, 1.82) is 0 Å². The van der Waals surface area contributed by atoms with Gasteiger partial charge in [0, 0.05) is 12.5 Å². The molecule has 3 unspecified atom stereocenters. The minimum absolute atomic E-state index is 0.0130. The normalized spacial score (nSPS) is 28.1. The van der Waals surface area contributed by atoms with Crippen LogP contribution >= 0.6 is 0 Å². The standard InChI is InChI=1S/C13H25NO4S/c1-10-6-7-12(11(2)9-10)14-19(16,17)8-4-5-13(15)18-3/h10-12,14H,4-9H2,1-3H3. The third-order valence-electron chi connectivity index (χ3n) is 3.78.